The molecule has 2 rings (SSSR count). The van der Waals surface area contributed by atoms with Crippen molar-refractivity contribution in [3.05, 3.63) is 59.2 Å². The van der Waals surface area contributed by atoms with Gasteiger partial charge in [0.15, 0.2) is 6.10 Å². The molecule has 0 saturated heterocycles. The number of rotatable bonds is 7. The third-order valence-corrected chi connectivity index (χ3v) is 3.81. The van der Waals surface area contributed by atoms with Crippen LogP contribution in [0.4, 0.5) is 5.69 Å². The van der Waals surface area contributed by atoms with Crippen LogP contribution in [0.25, 0.3) is 0 Å². The van der Waals surface area contributed by atoms with Gasteiger partial charge in [-0.1, -0.05) is 19.9 Å². The summed E-state index contributed by atoms with van der Waals surface area (Å²) in [5.74, 6) is 0.321. The first-order chi connectivity index (χ1) is 12.7. The van der Waals surface area contributed by atoms with Gasteiger partial charge < -0.3 is 14.8 Å². The smallest absolute Gasteiger partial charge is 0.338 e. The Morgan fingerprint density at radius 1 is 0.963 bits per heavy atom. The van der Waals surface area contributed by atoms with Gasteiger partial charge in [0.05, 0.1) is 12.2 Å². The Morgan fingerprint density at radius 2 is 1.56 bits per heavy atom. The van der Waals surface area contributed by atoms with E-state index < -0.39 is 6.10 Å². The predicted molar refractivity (Wildman–Crippen MR) is 106 cm³/mol. The zero-order valence-electron chi connectivity index (χ0n) is 16.5. The second-order valence-electron chi connectivity index (χ2n) is 7.14. The third-order valence-electron chi connectivity index (χ3n) is 3.81. The molecule has 0 bridgehead atoms. The second-order valence-corrected chi connectivity index (χ2v) is 7.14. The molecule has 1 unspecified atom stereocenters. The highest BCUT2D eigenvalue weighted by molar-refractivity contribution is 5.95. The van der Waals surface area contributed by atoms with E-state index in [1.165, 1.54) is 0 Å². The average Bonchev–Trinajstić information content (AvgIpc) is 2.59. The van der Waals surface area contributed by atoms with Crippen molar-refractivity contribution in [3.63, 3.8) is 0 Å². The molecule has 2 aromatic carbocycles. The Morgan fingerprint density at radius 3 is 2.11 bits per heavy atom. The summed E-state index contributed by atoms with van der Waals surface area (Å²) < 4.78 is 10.9. The Labute approximate surface area is 160 Å². The van der Waals surface area contributed by atoms with Crippen molar-refractivity contribution >= 4 is 17.6 Å². The zero-order chi connectivity index (χ0) is 20.0. The molecule has 0 fully saturated rings. The molecule has 27 heavy (non-hydrogen) atoms. The van der Waals surface area contributed by atoms with Crippen molar-refractivity contribution < 1.29 is 19.1 Å². The van der Waals surface area contributed by atoms with E-state index in [0.717, 1.165) is 11.1 Å². The minimum Gasteiger partial charge on any atom is -0.481 e. The molecular weight excluding hydrogens is 342 g/mol. The number of anilines is 1. The quantitative estimate of drug-likeness (QED) is 0.729. The fourth-order valence-electron chi connectivity index (χ4n) is 2.52. The number of aryl methyl sites for hydroxylation is 2. The first-order valence-corrected chi connectivity index (χ1v) is 9.07. The van der Waals surface area contributed by atoms with E-state index in [2.05, 4.69) is 5.32 Å². The van der Waals surface area contributed by atoms with E-state index in [9.17, 15) is 9.59 Å². The normalized spacial score (nSPS) is 11.8. The van der Waals surface area contributed by atoms with Gasteiger partial charge in [0.25, 0.3) is 5.91 Å². The number of carbonyl (C=O) groups is 2. The molecule has 1 N–H and O–H groups in total. The maximum absolute atomic E-state index is 12.4. The van der Waals surface area contributed by atoms with Crippen LogP contribution in [0.15, 0.2) is 42.5 Å². The van der Waals surface area contributed by atoms with Crippen LogP contribution in [0, 0.1) is 19.8 Å². The van der Waals surface area contributed by atoms with Gasteiger partial charge in [-0.05, 0) is 74.2 Å². The molecule has 0 radical (unpaired) electrons. The van der Waals surface area contributed by atoms with Crippen molar-refractivity contribution in [3.8, 4) is 5.75 Å². The minimum absolute atomic E-state index is 0.260. The molecule has 1 atom stereocenters. The van der Waals surface area contributed by atoms with Gasteiger partial charge in [0, 0.05) is 5.69 Å². The van der Waals surface area contributed by atoms with Crippen molar-refractivity contribution in [2.24, 2.45) is 5.92 Å². The van der Waals surface area contributed by atoms with Crippen molar-refractivity contribution in [2.45, 2.75) is 40.7 Å². The third kappa shape index (κ3) is 6.44. The van der Waals surface area contributed by atoms with Gasteiger partial charge in [-0.2, -0.15) is 0 Å². The Hall–Kier alpha value is -2.82. The van der Waals surface area contributed by atoms with E-state index in [4.69, 9.17) is 9.47 Å². The molecule has 0 heterocycles. The lowest BCUT2D eigenvalue weighted by atomic mass is 10.1. The van der Waals surface area contributed by atoms with E-state index in [1.54, 1.807) is 31.2 Å². The molecule has 1 amide bonds. The fraction of sp³-hybridized carbons (Fsp3) is 0.364. The number of benzene rings is 2. The Kier molecular flexibility index (Phi) is 6.99. The Balaban J connectivity index is 1.93. The van der Waals surface area contributed by atoms with E-state index in [0.29, 0.717) is 23.6 Å². The standard InChI is InChI=1S/C22H27NO4/c1-14(2)13-26-22(25)18-6-8-19(9-7-18)23-21(24)17(5)27-20-11-15(3)10-16(4)12-20/h6-12,14,17H,13H2,1-5H3,(H,23,24). The van der Waals surface area contributed by atoms with Gasteiger partial charge in [0.2, 0.25) is 0 Å². The van der Waals surface area contributed by atoms with Crippen LogP contribution in [0.2, 0.25) is 0 Å². The summed E-state index contributed by atoms with van der Waals surface area (Å²) in [6.07, 6.45) is -0.651. The maximum Gasteiger partial charge on any atom is 0.338 e. The minimum atomic E-state index is -0.651. The van der Waals surface area contributed by atoms with Crippen LogP contribution >= 0.6 is 0 Å². The summed E-state index contributed by atoms with van der Waals surface area (Å²) in [6, 6.07) is 12.5. The number of hydrogen-bond donors (Lipinski definition) is 1. The van der Waals surface area contributed by atoms with Crippen LogP contribution in [-0.2, 0) is 9.53 Å². The van der Waals surface area contributed by atoms with Crippen LogP contribution < -0.4 is 10.1 Å². The van der Waals surface area contributed by atoms with E-state index in [-0.39, 0.29) is 17.8 Å². The maximum atomic E-state index is 12.4. The molecule has 0 aliphatic heterocycles. The lowest BCUT2D eigenvalue weighted by molar-refractivity contribution is -0.122. The molecule has 5 nitrogen and oxygen atoms in total. The Bertz CT molecular complexity index is 776. The van der Waals surface area contributed by atoms with Crippen LogP contribution in [0.1, 0.15) is 42.3 Å². The topological polar surface area (TPSA) is 64.6 Å². The predicted octanol–water partition coefficient (Wildman–Crippen LogP) is 4.52. The van der Waals surface area contributed by atoms with E-state index in [1.807, 2.05) is 45.9 Å². The van der Waals surface area contributed by atoms with Gasteiger partial charge >= 0.3 is 5.97 Å². The number of amides is 1. The summed E-state index contributed by atoms with van der Waals surface area (Å²) >= 11 is 0. The summed E-state index contributed by atoms with van der Waals surface area (Å²) in [5, 5.41) is 2.79. The molecule has 144 valence electrons. The number of nitrogens with one attached hydrogen (secondary N) is 1. The van der Waals surface area contributed by atoms with Crippen molar-refractivity contribution in [1.82, 2.24) is 0 Å². The monoisotopic (exact) mass is 369 g/mol. The van der Waals surface area contributed by atoms with Gasteiger partial charge in [-0.3, -0.25) is 4.79 Å². The summed E-state index contributed by atoms with van der Waals surface area (Å²) in [7, 11) is 0. The van der Waals surface area contributed by atoms with Crippen molar-refractivity contribution in [1.29, 1.82) is 0 Å². The second kappa shape index (κ2) is 9.21. The van der Waals surface area contributed by atoms with Crippen LogP contribution in [0.3, 0.4) is 0 Å². The van der Waals surface area contributed by atoms with Gasteiger partial charge in [-0.25, -0.2) is 4.79 Å². The molecule has 5 heteroatoms. The highest BCUT2D eigenvalue weighted by Gasteiger charge is 2.16. The molecule has 2 aromatic rings. The lowest BCUT2D eigenvalue weighted by Gasteiger charge is -2.16. The highest BCUT2D eigenvalue weighted by atomic mass is 16.5. The molecule has 0 spiro atoms. The zero-order valence-corrected chi connectivity index (χ0v) is 16.5. The fourth-order valence-corrected chi connectivity index (χ4v) is 2.52. The summed E-state index contributed by atoms with van der Waals surface area (Å²) in [5.41, 5.74) is 3.21. The number of esters is 1. The lowest BCUT2D eigenvalue weighted by Crippen LogP contribution is -2.30. The number of hydrogen-bond acceptors (Lipinski definition) is 4. The van der Waals surface area contributed by atoms with Gasteiger partial charge in [0.1, 0.15) is 5.75 Å². The SMILES string of the molecule is Cc1cc(C)cc(OC(C)C(=O)Nc2ccc(C(=O)OCC(C)C)cc2)c1. The summed E-state index contributed by atoms with van der Waals surface area (Å²) in [6.45, 7) is 10.0. The average molecular weight is 369 g/mol. The molecule has 0 saturated carbocycles. The molecule has 0 aliphatic carbocycles. The van der Waals surface area contributed by atoms with Crippen LogP contribution in [0.5, 0.6) is 5.75 Å². The first kappa shape index (κ1) is 20.5. The number of carbonyl (C=O) groups excluding carboxylic acids is 2. The molecule has 0 aromatic heterocycles. The first-order valence-electron chi connectivity index (χ1n) is 9.07. The molecule has 0 aliphatic rings. The largest absolute Gasteiger partial charge is 0.481 e. The summed E-state index contributed by atoms with van der Waals surface area (Å²) in [4.78, 5) is 24.3. The highest BCUT2D eigenvalue weighted by Crippen LogP contribution is 2.18. The molecular formula is C22H27NO4. The van der Waals surface area contributed by atoms with Crippen molar-refractivity contribution in [2.75, 3.05) is 11.9 Å². The van der Waals surface area contributed by atoms with Crippen LogP contribution in [-0.4, -0.2) is 24.6 Å². The van der Waals surface area contributed by atoms with Gasteiger partial charge in [-0.15, -0.1) is 0 Å². The number of ether oxygens (including phenoxy) is 2. The van der Waals surface area contributed by atoms with E-state index >= 15 is 0 Å².